The molecule has 0 aliphatic heterocycles. The quantitative estimate of drug-likeness (QED) is 0.722. The van der Waals surface area contributed by atoms with Crippen LogP contribution in [0.2, 0.25) is 0 Å². The van der Waals surface area contributed by atoms with Crippen LogP contribution >= 0.6 is 31.9 Å². The summed E-state index contributed by atoms with van der Waals surface area (Å²) in [6, 6.07) is 5.19. The Morgan fingerprint density at radius 3 is 2.50 bits per heavy atom. The number of hydrogen-bond acceptors (Lipinski definition) is 1. The van der Waals surface area contributed by atoms with Crippen molar-refractivity contribution in [1.82, 2.24) is 0 Å². The number of halogens is 5. The molecule has 0 bridgehead atoms. The van der Waals surface area contributed by atoms with Crippen molar-refractivity contribution >= 4 is 31.9 Å². The van der Waals surface area contributed by atoms with Gasteiger partial charge in [-0.05, 0) is 40.5 Å². The van der Waals surface area contributed by atoms with Crippen LogP contribution in [0, 0.1) is 6.92 Å². The summed E-state index contributed by atoms with van der Waals surface area (Å²) in [7, 11) is 0. The molecular weight excluding hydrogens is 353 g/mol. The molecule has 1 rings (SSSR count). The molecule has 0 saturated carbocycles. The zero-order valence-electron chi connectivity index (χ0n) is 8.31. The van der Waals surface area contributed by atoms with E-state index < -0.39 is 17.6 Å². The summed E-state index contributed by atoms with van der Waals surface area (Å²) in [4.78, 5) is -1.66. The molecule has 0 heterocycles. The highest BCUT2D eigenvalue weighted by atomic mass is 79.9. The maximum atomic E-state index is 12.2. The van der Waals surface area contributed by atoms with Crippen LogP contribution in [0.15, 0.2) is 22.7 Å². The van der Waals surface area contributed by atoms with Crippen LogP contribution < -0.4 is 4.74 Å². The van der Waals surface area contributed by atoms with Crippen LogP contribution in [-0.4, -0.2) is 17.6 Å². The molecule has 90 valence electrons. The van der Waals surface area contributed by atoms with E-state index in [1.807, 2.05) is 6.92 Å². The van der Waals surface area contributed by atoms with Crippen molar-refractivity contribution in [2.24, 2.45) is 0 Å². The molecule has 0 aliphatic rings. The van der Waals surface area contributed by atoms with Gasteiger partial charge in [0.2, 0.25) is 0 Å². The van der Waals surface area contributed by atoms with Crippen molar-refractivity contribution in [3.8, 4) is 5.75 Å². The van der Waals surface area contributed by atoms with Gasteiger partial charge in [0.15, 0.2) is 0 Å². The van der Waals surface area contributed by atoms with Crippen molar-refractivity contribution in [3.05, 3.63) is 28.2 Å². The summed E-state index contributed by atoms with van der Waals surface area (Å²) in [5.74, 6) is 0.402. The predicted molar refractivity (Wildman–Crippen MR) is 63.1 cm³/mol. The molecule has 1 unspecified atom stereocenters. The number of aryl methyl sites for hydroxylation is 1. The van der Waals surface area contributed by atoms with Crippen molar-refractivity contribution in [2.75, 3.05) is 6.61 Å². The first-order valence-corrected chi connectivity index (χ1v) is 6.11. The highest BCUT2D eigenvalue weighted by Gasteiger charge is 2.38. The first kappa shape index (κ1) is 13.8. The lowest BCUT2D eigenvalue weighted by Gasteiger charge is -2.15. The molecule has 1 aromatic carbocycles. The topological polar surface area (TPSA) is 9.23 Å². The van der Waals surface area contributed by atoms with Gasteiger partial charge in [-0.15, -0.1) is 0 Å². The lowest BCUT2D eigenvalue weighted by Crippen LogP contribution is -2.28. The lowest BCUT2D eigenvalue weighted by molar-refractivity contribution is -0.132. The molecule has 0 radical (unpaired) electrons. The van der Waals surface area contributed by atoms with Gasteiger partial charge in [0.1, 0.15) is 17.2 Å². The molecule has 0 saturated heterocycles. The first-order chi connectivity index (χ1) is 7.30. The van der Waals surface area contributed by atoms with E-state index in [9.17, 15) is 13.2 Å². The Labute approximate surface area is 108 Å². The minimum atomic E-state index is -4.29. The van der Waals surface area contributed by atoms with Crippen LogP contribution in [0.5, 0.6) is 5.75 Å². The van der Waals surface area contributed by atoms with E-state index in [0.717, 1.165) is 5.56 Å². The van der Waals surface area contributed by atoms with Gasteiger partial charge in [-0.2, -0.15) is 13.2 Å². The standard InChI is InChI=1S/C10H9Br2F3O/c1-6-2-3-8(7(11)4-6)16-5-9(12)10(13,14)15/h2-4,9H,5H2,1H3. The molecule has 0 aliphatic carbocycles. The zero-order valence-corrected chi connectivity index (χ0v) is 11.5. The molecule has 16 heavy (non-hydrogen) atoms. The molecular formula is C10H9Br2F3O. The van der Waals surface area contributed by atoms with E-state index in [1.165, 1.54) is 0 Å². The highest BCUT2D eigenvalue weighted by molar-refractivity contribution is 9.10. The third kappa shape index (κ3) is 3.97. The van der Waals surface area contributed by atoms with E-state index in [-0.39, 0.29) is 0 Å². The van der Waals surface area contributed by atoms with Gasteiger partial charge in [-0.1, -0.05) is 22.0 Å². The maximum absolute atomic E-state index is 12.2. The lowest BCUT2D eigenvalue weighted by atomic mass is 10.2. The van der Waals surface area contributed by atoms with Gasteiger partial charge >= 0.3 is 6.18 Å². The molecule has 0 aromatic heterocycles. The number of alkyl halides is 4. The van der Waals surface area contributed by atoms with Crippen LogP contribution in [0.3, 0.4) is 0 Å². The average Bonchev–Trinajstić information content (AvgIpc) is 2.14. The Morgan fingerprint density at radius 1 is 1.38 bits per heavy atom. The zero-order chi connectivity index (χ0) is 12.3. The number of benzene rings is 1. The number of hydrogen-bond donors (Lipinski definition) is 0. The van der Waals surface area contributed by atoms with Crippen LogP contribution in [-0.2, 0) is 0 Å². The van der Waals surface area contributed by atoms with Gasteiger partial charge in [0, 0.05) is 0 Å². The van der Waals surface area contributed by atoms with Gasteiger partial charge < -0.3 is 4.74 Å². The third-order valence-corrected chi connectivity index (χ3v) is 3.23. The first-order valence-electron chi connectivity index (χ1n) is 4.40. The fourth-order valence-electron chi connectivity index (χ4n) is 0.980. The number of ether oxygens (including phenoxy) is 1. The Morgan fingerprint density at radius 2 is 2.00 bits per heavy atom. The van der Waals surface area contributed by atoms with Gasteiger partial charge in [0.25, 0.3) is 0 Å². The minimum absolute atomic E-state index is 0.402. The normalized spacial score (nSPS) is 13.6. The minimum Gasteiger partial charge on any atom is -0.491 e. The molecule has 1 aromatic rings. The van der Waals surface area contributed by atoms with Crippen LogP contribution in [0.25, 0.3) is 0 Å². The van der Waals surface area contributed by atoms with Gasteiger partial charge in [-0.3, -0.25) is 0 Å². The second-order valence-electron chi connectivity index (χ2n) is 3.25. The maximum Gasteiger partial charge on any atom is 0.404 e. The summed E-state index contributed by atoms with van der Waals surface area (Å²) in [6.45, 7) is 1.43. The molecule has 0 fully saturated rings. The monoisotopic (exact) mass is 360 g/mol. The van der Waals surface area contributed by atoms with Gasteiger partial charge in [0.05, 0.1) is 4.47 Å². The van der Waals surface area contributed by atoms with Crippen LogP contribution in [0.4, 0.5) is 13.2 Å². The Kier molecular flexibility index (Phi) is 4.67. The van der Waals surface area contributed by atoms with Crippen LogP contribution in [0.1, 0.15) is 5.56 Å². The Bertz CT molecular complexity index is 366. The highest BCUT2D eigenvalue weighted by Crippen LogP contribution is 2.30. The second kappa shape index (κ2) is 5.40. The molecule has 0 spiro atoms. The van der Waals surface area contributed by atoms with E-state index in [1.54, 1.807) is 18.2 Å². The SMILES string of the molecule is Cc1ccc(OCC(Br)C(F)(F)F)c(Br)c1. The summed E-state index contributed by atoms with van der Waals surface area (Å²) < 4.78 is 42.2. The Hall–Kier alpha value is -0.230. The Balaban J connectivity index is 2.62. The summed E-state index contributed by atoms with van der Waals surface area (Å²) >= 11 is 5.76. The summed E-state index contributed by atoms with van der Waals surface area (Å²) in [6.07, 6.45) is -4.29. The fourth-order valence-corrected chi connectivity index (χ4v) is 1.72. The molecule has 0 amide bonds. The summed E-state index contributed by atoms with van der Waals surface area (Å²) in [5, 5.41) is 0. The fraction of sp³-hybridized carbons (Fsp3) is 0.400. The van der Waals surface area contributed by atoms with E-state index in [4.69, 9.17) is 4.74 Å². The average molecular weight is 362 g/mol. The summed E-state index contributed by atoms with van der Waals surface area (Å²) in [5.41, 5.74) is 1.01. The van der Waals surface area contributed by atoms with E-state index >= 15 is 0 Å². The molecule has 1 nitrogen and oxygen atoms in total. The van der Waals surface area contributed by atoms with E-state index in [0.29, 0.717) is 10.2 Å². The smallest absolute Gasteiger partial charge is 0.404 e. The second-order valence-corrected chi connectivity index (χ2v) is 5.21. The third-order valence-electron chi connectivity index (χ3n) is 1.83. The molecule has 0 N–H and O–H groups in total. The van der Waals surface area contributed by atoms with Gasteiger partial charge in [-0.25, -0.2) is 0 Å². The van der Waals surface area contributed by atoms with E-state index in [2.05, 4.69) is 31.9 Å². The molecule has 1 atom stereocenters. The van der Waals surface area contributed by atoms with Crippen molar-refractivity contribution < 1.29 is 17.9 Å². The van der Waals surface area contributed by atoms with Crippen molar-refractivity contribution in [3.63, 3.8) is 0 Å². The predicted octanol–water partition coefficient (Wildman–Crippen LogP) is 4.46. The molecule has 6 heteroatoms. The van der Waals surface area contributed by atoms with Crippen molar-refractivity contribution in [1.29, 1.82) is 0 Å². The largest absolute Gasteiger partial charge is 0.491 e. The van der Waals surface area contributed by atoms with Crippen molar-refractivity contribution in [2.45, 2.75) is 17.9 Å². The number of rotatable bonds is 3.